The quantitative estimate of drug-likeness (QED) is 0.473. The summed E-state index contributed by atoms with van der Waals surface area (Å²) in [5.41, 5.74) is 0.707. The van der Waals surface area contributed by atoms with Crippen LogP contribution in [0.15, 0.2) is 47.4 Å². The maximum absolute atomic E-state index is 12.7. The van der Waals surface area contributed by atoms with Gasteiger partial charge in [-0.3, -0.25) is 4.79 Å². The number of phenols is 1. The van der Waals surface area contributed by atoms with Gasteiger partial charge in [-0.05, 0) is 50.6 Å². The number of carboxylic acids is 1. The predicted molar refractivity (Wildman–Crippen MR) is 118 cm³/mol. The van der Waals surface area contributed by atoms with Gasteiger partial charge in [0.15, 0.2) is 0 Å². The summed E-state index contributed by atoms with van der Waals surface area (Å²) < 4.78 is 57.9. The molecule has 0 bridgehead atoms. The normalized spacial score (nSPS) is 15.7. The van der Waals surface area contributed by atoms with Crippen molar-refractivity contribution in [3.8, 4) is 5.75 Å². The van der Waals surface area contributed by atoms with Crippen LogP contribution in [0.2, 0.25) is 0 Å². The van der Waals surface area contributed by atoms with Gasteiger partial charge in [-0.2, -0.15) is 13.2 Å². The van der Waals surface area contributed by atoms with Crippen LogP contribution in [-0.2, 0) is 21.4 Å². The molecule has 9 nitrogen and oxygen atoms in total. The van der Waals surface area contributed by atoms with Crippen molar-refractivity contribution in [2.75, 3.05) is 6.54 Å². The van der Waals surface area contributed by atoms with Gasteiger partial charge in [0.05, 0.1) is 18.2 Å². The van der Waals surface area contributed by atoms with E-state index in [1.807, 2.05) is 20.8 Å². The van der Waals surface area contributed by atoms with E-state index in [9.17, 15) is 36.6 Å². The number of carbonyl (C=O) groups is 2. The Kier molecular flexibility index (Phi) is 8.20. The molecule has 0 saturated carbocycles. The highest BCUT2D eigenvalue weighted by atomic mass is 32.2. The minimum Gasteiger partial charge on any atom is -0.508 e. The molecule has 1 amide bonds. The van der Waals surface area contributed by atoms with E-state index in [0.29, 0.717) is 12.1 Å². The molecule has 1 aliphatic rings. The van der Waals surface area contributed by atoms with Gasteiger partial charge in [-0.25, -0.2) is 17.5 Å². The van der Waals surface area contributed by atoms with E-state index in [1.54, 1.807) is 18.2 Å². The van der Waals surface area contributed by atoms with Crippen molar-refractivity contribution in [3.05, 3.63) is 59.2 Å². The molecule has 0 fully saturated rings. The van der Waals surface area contributed by atoms with Crippen LogP contribution in [0.3, 0.4) is 0 Å². The molecule has 1 aliphatic heterocycles. The number of aromatic hydroxyl groups is 1. The zero-order valence-corrected chi connectivity index (χ0v) is 19.8. The van der Waals surface area contributed by atoms with Gasteiger partial charge in [0.2, 0.25) is 0 Å². The number of aliphatic hydroxyl groups is 1. The van der Waals surface area contributed by atoms with Crippen LogP contribution in [0.1, 0.15) is 48.4 Å². The third-order valence-corrected chi connectivity index (χ3v) is 6.57. The largest absolute Gasteiger partial charge is 0.508 e. The van der Waals surface area contributed by atoms with Crippen LogP contribution in [0, 0.1) is 0 Å². The lowest BCUT2D eigenvalue weighted by atomic mass is 10.0. The second kappa shape index (κ2) is 10.2. The molecular weight excluding hydrogens is 493 g/mol. The minimum atomic E-state index is -5.08. The highest BCUT2D eigenvalue weighted by Crippen LogP contribution is 2.33. The first-order chi connectivity index (χ1) is 15.9. The number of hydrogen-bond donors (Lipinski definition) is 4. The number of aliphatic carboxylic acids is 1. The van der Waals surface area contributed by atoms with Gasteiger partial charge in [-0.1, -0.05) is 18.2 Å². The second-order valence-electron chi connectivity index (χ2n) is 8.65. The van der Waals surface area contributed by atoms with Gasteiger partial charge in [0, 0.05) is 17.6 Å². The van der Waals surface area contributed by atoms with Crippen LogP contribution >= 0.6 is 0 Å². The molecule has 0 saturated heterocycles. The average molecular weight is 519 g/mol. The van der Waals surface area contributed by atoms with Crippen molar-refractivity contribution in [3.63, 3.8) is 0 Å². The Hall–Kier alpha value is -3.16. The standard InChI is InChI=1S/C20H24N2O5S.C2HF3O2/c1-20(2,3)21-11-17(24)13-8-9-16(23)14(10-13)12-22-19(25)15-6-4-5-7-18(15)28(22,26)27;3-2(4,5)1(6)7/h4-10,17,21,23-24H,11-12H2,1-3H3;(H,6,7). The van der Waals surface area contributed by atoms with Crippen molar-refractivity contribution in [2.24, 2.45) is 0 Å². The first kappa shape index (κ1) is 28.1. The second-order valence-corrected chi connectivity index (χ2v) is 10.5. The molecule has 1 heterocycles. The molecule has 35 heavy (non-hydrogen) atoms. The number of alkyl halides is 3. The van der Waals surface area contributed by atoms with Crippen molar-refractivity contribution < 1.29 is 46.5 Å². The fourth-order valence-electron chi connectivity index (χ4n) is 3.00. The summed E-state index contributed by atoms with van der Waals surface area (Å²) in [7, 11) is -3.98. The number of phenolic OH excluding ortho intramolecular Hbond substituents is 1. The SMILES string of the molecule is CC(C)(C)NCC(O)c1ccc(O)c(CN2C(=O)c3ccccc3S2(=O)=O)c1.O=C(O)C(F)(F)F. The number of nitrogens with one attached hydrogen (secondary N) is 1. The Morgan fingerprint density at radius 2 is 1.69 bits per heavy atom. The Morgan fingerprint density at radius 3 is 2.20 bits per heavy atom. The number of carbonyl (C=O) groups excluding carboxylic acids is 1. The molecule has 2 aromatic rings. The lowest BCUT2D eigenvalue weighted by Gasteiger charge is -2.23. The van der Waals surface area contributed by atoms with Gasteiger partial charge in [0.1, 0.15) is 10.6 Å². The number of aliphatic hydroxyl groups excluding tert-OH is 1. The first-order valence-electron chi connectivity index (χ1n) is 10.2. The number of β-amino-alcohol motifs (C(OH)–C–C–N with tert-alkyl or cyclic N) is 1. The van der Waals surface area contributed by atoms with Gasteiger partial charge < -0.3 is 20.6 Å². The molecule has 192 valence electrons. The summed E-state index contributed by atoms with van der Waals surface area (Å²) in [6.45, 7) is 5.91. The number of halogens is 3. The Morgan fingerprint density at radius 1 is 1.11 bits per heavy atom. The van der Waals surface area contributed by atoms with Crippen molar-refractivity contribution in [1.82, 2.24) is 9.62 Å². The fraction of sp³-hybridized carbons (Fsp3) is 0.364. The van der Waals surface area contributed by atoms with Gasteiger partial charge in [0.25, 0.3) is 15.9 Å². The molecule has 0 radical (unpaired) electrons. The Bertz CT molecular complexity index is 1210. The predicted octanol–water partition coefficient (Wildman–Crippen LogP) is 2.79. The minimum absolute atomic E-state index is 0.0370. The summed E-state index contributed by atoms with van der Waals surface area (Å²) in [4.78, 5) is 21.4. The summed E-state index contributed by atoms with van der Waals surface area (Å²) in [5, 5.41) is 30.9. The molecule has 3 rings (SSSR count). The van der Waals surface area contributed by atoms with Crippen LogP contribution in [-0.4, -0.2) is 58.2 Å². The smallest absolute Gasteiger partial charge is 0.490 e. The summed E-state index contributed by atoms with van der Waals surface area (Å²) in [6.07, 6.45) is -5.93. The molecule has 0 aliphatic carbocycles. The number of fused-ring (bicyclic) bond motifs is 1. The monoisotopic (exact) mass is 518 g/mol. The summed E-state index contributed by atoms with van der Waals surface area (Å²) in [6, 6.07) is 10.5. The zero-order valence-electron chi connectivity index (χ0n) is 19.0. The van der Waals surface area contributed by atoms with Crippen LogP contribution in [0.4, 0.5) is 13.2 Å². The van der Waals surface area contributed by atoms with Gasteiger partial charge in [-0.15, -0.1) is 0 Å². The molecule has 2 aromatic carbocycles. The number of amides is 1. The van der Waals surface area contributed by atoms with Crippen molar-refractivity contribution in [1.29, 1.82) is 0 Å². The maximum Gasteiger partial charge on any atom is 0.490 e. The van der Waals surface area contributed by atoms with Crippen molar-refractivity contribution >= 4 is 21.9 Å². The van der Waals surface area contributed by atoms with E-state index in [2.05, 4.69) is 5.32 Å². The molecule has 4 N–H and O–H groups in total. The Labute approximate surface area is 199 Å². The van der Waals surface area contributed by atoms with Crippen LogP contribution < -0.4 is 5.32 Å². The maximum atomic E-state index is 12.7. The zero-order chi connectivity index (χ0) is 26.8. The number of nitrogens with zero attached hydrogens (tertiary/aromatic N) is 1. The number of hydrogen-bond acceptors (Lipinski definition) is 7. The van der Waals surface area contributed by atoms with Crippen LogP contribution in [0.5, 0.6) is 5.75 Å². The molecule has 0 spiro atoms. The number of rotatable bonds is 5. The van der Waals surface area contributed by atoms with E-state index in [4.69, 9.17) is 9.90 Å². The van der Waals surface area contributed by atoms with E-state index in [-0.39, 0.29) is 33.9 Å². The third kappa shape index (κ3) is 6.93. The van der Waals surface area contributed by atoms with E-state index < -0.39 is 34.2 Å². The van der Waals surface area contributed by atoms with Gasteiger partial charge >= 0.3 is 12.1 Å². The van der Waals surface area contributed by atoms with Crippen molar-refractivity contribution in [2.45, 2.75) is 50.0 Å². The molecule has 13 heteroatoms. The fourth-order valence-corrected chi connectivity index (χ4v) is 4.55. The molecule has 1 unspecified atom stereocenters. The molecular formula is C22H25F3N2O7S. The van der Waals surface area contributed by atoms with E-state index in [1.165, 1.54) is 24.3 Å². The lowest BCUT2D eigenvalue weighted by Crippen LogP contribution is -2.38. The summed E-state index contributed by atoms with van der Waals surface area (Å²) >= 11 is 0. The third-order valence-electron chi connectivity index (χ3n) is 4.78. The van der Waals surface area contributed by atoms with Crippen LogP contribution in [0.25, 0.3) is 0 Å². The Balaban J connectivity index is 0.000000540. The van der Waals surface area contributed by atoms with E-state index in [0.717, 1.165) is 4.31 Å². The van der Waals surface area contributed by atoms with E-state index >= 15 is 0 Å². The first-order valence-corrected chi connectivity index (χ1v) is 11.6. The molecule has 1 atom stereocenters. The summed E-state index contributed by atoms with van der Waals surface area (Å²) in [5.74, 6) is -3.53. The average Bonchev–Trinajstić information content (AvgIpc) is 2.93. The highest BCUT2D eigenvalue weighted by molar-refractivity contribution is 7.90. The topological polar surface area (TPSA) is 144 Å². The molecule has 0 aromatic heterocycles. The number of benzene rings is 2. The number of carboxylic acid groups (broad SMARTS) is 1. The lowest BCUT2D eigenvalue weighted by molar-refractivity contribution is -0.192. The number of sulfonamides is 1. The highest BCUT2D eigenvalue weighted by Gasteiger charge is 2.41.